The zero-order chi connectivity index (χ0) is 25.2. The van der Waals surface area contributed by atoms with Crippen molar-refractivity contribution in [3.8, 4) is 5.75 Å². The van der Waals surface area contributed by atoms with Crippen LogP contribution in [0.25, 0.3) is 0 Å². The predicted octanol–water partition coefficient (Wildman–Crippen LogP) is 6.22. The van der Waals surface area contributed by atoms with Crippen molar-refractivity contribution >= 4 is 46.7 Å². The number of aryl methyl sites for hydroxylation is 1. The van der Waals surface area contributed by atoms with Gasteiger partial charge in [0, 0.05) is 28.1 Å². The van der Waals surface area contributed by atoms with Crippen LogP contribution in [0.1, 0.15) is 30.0 Å². The summed E-state index contributed by atoms with van der Waals surface area (Å²) in [6.45, 7) is 3.11. The highest BCUT2D eigenvalue weighted by atomic mass is 32.2. The summed E-state index contributed by atoms with van der Waals surface area (Å²) in [4.78, 5) is 14.3. The summed E-state index contributed by atoms with van der Waals surface area (Å²) in [6.07, 6.45) is 5.17. The van der Waals surface area contributed by atoms with Gasteiger partial charge < -0.3 is 10.6 Å². The third kappa shape index (κ3) is 7.94. The van der Waals surface area contributed by atoms with Gasteiger partial charge in [-0.1, -0.05) is 61.2 Å². The Hall–Kier alpha value is -4.12. The van der Waals surface area contributed by atoms with Crippen LogP contribution in [-0.4, -0.2) is 35.9 Å². The molecule has 0 bridgehead atoms. The molecule has 4 rings (SSSR count). The van der Waals surface area contributed by atoms with Crippen molar-refractivity contribution in [2.24, 2.45) is 25.9 Å². The summed E-state index contributed by atoms with van der Waals surface area (Å²) in [5.74, 6) is 1.48. The van der Waals surface area contributed by atoms with Crippen LogP contribution in [0.4, 0.5) is 25.3 Å². The van der Waals surface area contributed by atoms with Gasteiger partial charge in [-0.2, -0.15) is 5.10 Å². The van der Waals surface area contributed by atoms with E-state index in [1.54, 1.807) is 30.1 Å². The molecule has 0 atom stereocenters. The number of nitrogens with zero attached hydrogens (tertiary/aromatic N) is 5. The first-order valence-electron chi connectivity index (χ1n) is 11.6. The Kier molecular flexibility index (Phi) is 12.0. The SMILES string of the molecule is CCc1ccccc1N1CCCS/C1=N\N=C\c1ccc(C(N)=NC=Nc2ccc(OF)cc2)cc1.F.F. The number of amidine groups is 2. The van der Waals surface area contributed by atoms with E-state index in [1.165, 1.54) is 29.7 Å². The Bertz CT molecular complexity index is 1280. The summed E-state index contributed by atoms with van der Waals surface area (Å²) in [5, 5.41) is 9.80. The molecule has 1 saturated heterocycles. The summed E-state index contributed by atoms with van der Waals surface area (Å²) in [6, 6.07) is 22.2. The lowest BCUT2D eigenvalue weighted by Gasteiger charge is -2.30. The lowest BCUT2D eigenvalue weighted by Crippen LogP contribution is -2.34. The molecule has 0 spiro atoms. The maximum absolute atomic E-state index is 12.1. The number of aliphatic imine (C=N–C) groups is 2. The third-order valence-electron chi connectivity index (χ3n) is 5.54. The number of nitrogens with two attached hydrogens (primary N) is 1. The Morgan fingerprint density at radius 1 is 1.05 bits per heavy atom. The molecule has 38 heavy (non-hydrogen) atoms. The van der Waals surface area contributed by atoms with E-state index in [2.05, 4.69) is 61.2 Å². The van der Waals surface area contributed by atoms with Crippen molar-refractivity contribution < 1.29 is 18.9 Å². The second kappa shape index (κ2) is 15.2. The van der Waals surface area contributed by atoms with Crippen molar-refractivity contribution in [3.05, 3.63) is 89.5 Å². The zero-order valence-electron chi connectivity index (χ0n) is 20.7. The van der Waals surface area contributed by atoms with Gasteiger partial charge >= 0.3 is 0 Å². The minimum absolute atomic E-state index is 0. The average Bonchev–Trinajstić information content (AvgIpc) is 2.94. The normalized spacial score (nSPS) is 14.9. The van der Waals surface area contributed by atoms with Gasteiger partial charge in [-0.15, -0.1) is 5.10 Å². The van der Waals surface area contributed by atoms with E-state index in [1.807, 2.05) is 24.3 Å². The van der Waals surface area contributed by atoms with Crippen LogP contribution < -0.4 is 15.6 Å². The molecule has 0 saturated carbocycles. The molecule has 200 valence electrons. The summed E-state index contributed by atoms with van der Waals surface area (Å²) < 4.78 is 12.1. The predicted molar refractivity (Wildman–Crippen MR) is 154 cm³/mol. The van der Waals surface area contributed by atoms with E-state index in [9.17, 15) is 4.53 Å². The zero-order valence-corrected chi connectivity index (χ0v) is 21.6. The quantitative estimate of drug-likeness (QED) is 0.208. The first kappa shape index (κ1) is 30.1. The topological polar surface area (TPSA) is 87.9 Å². The van der Waals surface area contributed by atoms with Gasteiger partial charge in [-0.25, -0.2) is 9.98 Å². The van der Waals surface area contributed by atoms with Gasteiger partial charge in [0.15, 0.2) is 10.9 Å². The van der Waals surface area contributed by atoms with E-state index >= 15 is 0 Å². The Balaban J connectivity index is 0.00000253. The summed E-state index contributed by atoms with van der Waals surface area (Å²) >= 11 is 1.73. The molecular formula is C27H29F3N6OS. The number of benzene rings is 3. The lowest BCUT2D eigenvalue weighted by atomic mass is 10.1. The molecule has 0 aliphatic carbocycles. The van der Waals surface area contributed by atoms with E-state index in [4.69, 9.17) is 5.73 Å². The molecule has 11 heteroatoms. The lowest BCUT2D eigenvalue weighted by molar-refractivity contribution is -0.00618. The van der Waals surface area contributed by atoms with Crippen molar-refractivity contribution in [3.63, 3.8) is 0 Å². The largest absolute Gasteiger partial charge is 0.383 e. The van der Waals surface area contributed by atoms with Crippen molar-refractivity contribution in [2.45, 2.75) is 19.8 Å². The second-order valence-corrected chi connectivity index (χ2v) is 8.98. The van der Waals surface area contributed by atoms with E-state index in [0.717, 1.165) is 41.4 Å². The second-order valence-electron chi connectivity index (χ2n) is 7.92. The molecule has 0 radical (unpaired) electrons. The minimum Gasteiger partial charge on any atom is -0.383 e. The molecule has 0 aromatic heterocycles. The number of thioether (sulfide) groups is 1. The average molecular weight is 543 g/mol. The van der Waals surface area contributed by atoms with Gasteiger partial charge in [0.05, 0.1) is 11.9 Å². The number of hydrogen-bond acceptors (Lipinski definition) is 5. The number of hydrogen-bond donors (Lipinski definition) is 1. The molecule has 3 aromatic carbocycles. The fraction of sp³-hybridized carbons (Fsp3) is 0.185. The third-order valence-corrected chi connectivity index (χ3v) is 6.59. The highest BCUT2D eigenvalue weighted by Gasteiger charge is 2.20. The number of rotatable bonds is 8. The van der Waals surface area contributed by atoms with Crippen LogP contribution in [0.5, 0.6) is 5.75 Å². The Labute approximate surface area is 223 Å². The van der Waals surface area contributed by atoms with Crippen LogP contribution in [0, 0.1) is 0 Å². The van der Waals surface area contributed by atoms with Gasteiger partial charge in [0.1, 0.15) is 12.2 Å². The highest BCUT2D eigenvalue weighted by Crippen LogP contribution is 2.28. The number of halogens is 3. The van der Waals surface area contributed by atoms with Crippen LogP contribution in [0.3, 0.4) is 0 Å². The van der Waals surface area contributed by atoms with Crippen LogP contribution in [0.2, 0.25) is 0 Å². The minimum atomic E-state index is 0. The van der Waals surface area contributed by atoms with Crippen molar-refractivity contribution in [1.82, 2.24) is 0 Å². The van der Waals surface area contributed by atoms with Crippen LogP contribution in [-0.2, 0) is 6.42 Å². The molecule has 1 heterocycles. The van der Waals surface area contributed by atoms with Crippen molar-refractivity contribution in [2.75, 3.05) is 17.2 Å². The molecule has 1 fully saturated rings. The standard InChI is InChI=1S/C27H27FN6OS.2FH/c1-2-21-6-3-4-7-25(21)34-16-5-17-36-27(34)33-32-18-20-8-10-22(11-9-20)26(29)31-19-30-23-12-14-24(35-28)15-13-23;;/h3-4,6-15,18-19H,2,5,16-17H2,1H3,(H2,29,30,31);2*1H/b32-18+,33-27-;;. The van der Waals surface area contributed by atoms with Gasteiger partial charge in [-0.05, 0) is 54.3 Å². The summed E-state index contributed by atoms with van der Waals surface area (Å²) in [7, 11) is 0. The van der Waals surface area contributed by atoms with E-state index < -0.39 is 0 Å². The number of para-hydroxylation sites is 1. The van der Waals surface area contributed by atoms with Gasteiger partial charge in [-0.3, -0.25) is 14.4 Å². The maximum Gasteiger partial charge on any atom is 0.190 e. The molecule has 1 aliphatic heterocycles. The first-order chi connectivity index (χ1) is 17.7. The molecule has 3 aromatic rings. The monoisotopic (exact) mass is 542 g/mol. The molecular weight excluding hydrogens is 513 g/mol. The fourth-order valence-electron chi connectivity index (χ4n) is 3.64. The van der Waals surface area contributed by atoms with E-state index in [-0.39, 0.29) is 15.2 Å². The fourth-order valence-corrected chi connectivity index (χ4v) is 4.55. The number of anilines is 1. The summed E-state index contributed by atoms with van der Waals surface area (Å²) in [5.41, 5.74) is 10.9. The van der Waals surface area contributed by atoms with Crippen molar-refractivity contribution in [1.29, 1.82) is 0 Å². The Morgan fingerprint density at radius 3 is 2.50 bits per heavy atom. The molecule has 1 aliphatic rings. The van der Waals surface area contributed by atoms with Crippen LogP contribution >= 0.6 is 11.8 Å². The maximum atomic E-state index is 12.1. The molecule has 0 amide bonds. The van der Waals surface area contributed by atoms with Gasteiger partial charge in [0.2, 0.25) is 0 Å². The molecule has 7 nitrogen and oxygen atoms in total. The van der Waals surface area contributed by atoms with Crippen LogP contribution in [0.15, 0.2) is 93.0 Å². The highest BCUT2D eigenvalue weighted by molar-refractivity contribution is 8.14. The smallest absolute Gasteiger partial charge is 0.190 e. The Morgan fingerprint density at radius 2 is 1.79 bits per heavy atom. The first-order valence-corrected chi connectivity index (χ1v) is 12.6. The molecule has 0 unspecified atom stereocenters. The van der Waals surface area contributed by atoms with E-state index in [0.29, 0.717) is 11.5 Å². The molecule has 2 N–H and O–H groups in total. The van der Waals surface area contributed by atoms with Gasteiger partial charge in [0.25, 0.3) is 0 Å².